The van der Waals surface area contributed by atoms with E-state index in [1.807, 2.05) is 18.2 Å². The molecule has 0 bridgehead atoms. The molecule has 1 amide bonds. The summed E-state index contributed by atoms with van der Waals surface area (Å²) in [5, 5.41) is 11.9. The third-order valence-corrected chi connectivity index (χ3v) is 4.73. The van der Waals surface area contributed by atoms with Gasteiger partial charge in [-0.2, -0.15) is 0 Å². The molecule has 0 spiro atoms. The Morgan fingerprint density at radius 2 is 2.11 bits per heavy atom. The van der Waals surface area contributed by atoms with Crippen molar-refractivity contribution in [2.75, 3.05) is 5.32 Å². The maximum atomic E-state index is 11.9. The van der Waals surface area contributed by atoms with Crippen LogP contribution >= 0.6 is 23.1 Å². The van der Waals surface area contributed by atoms with E-state index in [1.165, 1.54) is 11.3 Å². The summed E-state index contributed by atoms with van der Waals surface area (Å²) in [7, 11) is 0. The van der Waals surface area contributed by atoms with Crippen molar-refractivity contribution in [2.45, 2.75) is 29.9 Å². The highest BCUT2D eigenvalue weighted by Gasteiger charge is 2.11. The number of hydrogen-bond donors (Lipinski definition) is 1. The Kier molecular flexibility index (Phi) is 4.93. The van der Waals surface area contributed by atoms with E-state index in [4.69, 9.17) is 0 Å². The number of nitrogens with one attached hydrogen (secondary N) is 1. The number of carbonyl (C=O) groups is 1. The van der Waals surface area contributed by atoms with Gasteiger partial charge in [0.2, 0.25) is 5.13 Å². The number of benzene rings is 1. The largest absolute Gasteiger partial charge is 0.296 e. The van der Waals surface area contributed by atoms with Crippen LogP contribution in [-0.4, -0.2) is 21.4 Å². The topological polar surface area (TPSA) is 54.9 Å². The summed E-state index contributed by atoms with van der Waals surface area (Å²) >= 11 is 3.09. The fourth-order valence-electron chi connectivity index (χ4n) is 1.32. The summed E-state index contributed by atoms with van der Waals surface area (Å²) in [6.45, 7) is 4.28. The Labute approximate surface area is 120 Å². The molecule has 6 heteroatoms. The van der Waals surface area contributed by atoms with Crippen LogP contribution in [0.1, 0.15) is 30.6 Å². The molecule has 0 unspecified atom stereocenters. The predicted octanol–water partition coefficient (Wildman–Crippen LogP) is 3.68. The Morgan fingerprint density at radius 3 is 2.79 bits per heavy atom. The average Bonchev–Trinajstić information content (AvgIpc) is 2.86. The standard InChI is InChI=1S/C13H15N3OS2/c1-3-9(2)18-13-16-15-12(19-13)14-11(17)10-7-5-4-6-8-10/h4-9H,3H2,1-2H3,(H,14,15,17)/t9-/m0/s1. The van der Waals surface area contributed by atoms with Gasteiger partial charge in [-0.1, -0.05) is 55.1 Å². The van der Waals surface area contributed by atoms with E-state index in [0.29, 0.717) is 15.9 Å². The first-order valence-electron chi connectivity index (χ1n) is 6.05. The smallest absolute Gasteiger partial charge is 0.257 e. The van der Waals surface area contributed by atoms with E-state index in [0.717, 1.165) is 10.8 Å². The molecule has 100 valence electrons. The highest BCUT2D eigenvalue weighted by Crippen LogP contribution is 2.30. The molecule has 2 aromatic rings. The second-order valence-electron chi connectivity index (χ2n) is 4.03. The number of rotatable bonds is 5. The molecule has 19 heavy (non-hydrogen) atoms. The first-order valence-corrected chi connectivity index (χ1v) is 7.75. The van der Waals surface area contributed by atoms with Crippen molar-refractivity contribution in [3.63, 3.8) is 0 Å². The highest BCUT2D eigenvalue weighted by molar-refractivity contribution is 8.01. The molecule has 0 aliphatic heterocycles. The normalized spacial score (nSPS) is 12.1. The molecule has 0 saturated heterocycles. The van der Waals surface area contributed by atoms with Gasteiger partial charge in [0.25, 0.3) is 5.91 Å². The molecule has 0 aliphatic rings. The molecule has 1 heterocycles. The van der Waals surface area contributed by atoms with E-state index in [2.05, 4.69) is 29.4 Å². The molecule has 0 aliphatic carbocycles. The van der Waals surface area contributed by atoms with E-state index in [1.54, 1.807) is 23.9 Å². The minimum atomic E-state index is -0.156. The lowest BCUT2D eigenvalue weighted by molar-refractivity contribution is 0.102. The van der Waals surface area contributed by atoms with Gasteiger partial charge in [-0.25, -0.2) is 0 Å². The van der Waals surface area contributed by atoms with Gasteiger partial charge in [0.1, 0.15) is 0 Å². The lowest BCUT2D eigenvalue weighted by atomic mass is 10.2. The SMILES string of the molecule is CC[C@H](C)Sc1nnc(NC(=O)c2ccccc2)s1. The van der Waals surface area contributed by atoms with Gasteiger partial charge in [0.15, 0.2) is 4.34 Å². The zero-order valence-electron chi connectivity index (χ0n) is 10.8. The molecule has 0 radical (unpaired) electrons. The van der Waals surface area contributed by atoms with Crippen LogP contribution < -0.4 is 5.32 Å². The Morgan fingerprint density at radius 1 is 1.37 bits per heavy atom. The second kappa shape index (κ2) is 6.68. The molecule has 0 saturated carbocycles. The first-order chi connectivity index (χ1) is 9.19. The predicted molar refractivity (Wildman–Crippen MR) is 79.9 cm³/mol. The van der Waals surface area contributed by atoms with Crippen molar-refractivity contribution in [1.82, 2.24) is 10.2 Å². The third-order valence-electron chi connectivity index (χ3n) is 2.54. The Hall–Kier alpha value is -1.40. The lowest BCUT2D eigenvalue weighted by Crippen LogP contribution is -2.11. The maximum absolute atomic E-state index is 11.9. The number of hydrogen-bond acceptors (Lipinski definition) is 5. The van der Waals surface area contributed by atoms with E-state index < -0.39 is 0 Å². The molecule has 1 aromatic carbocycles. The van der Waals surface area contributed by atoms with Crippen LogP contribution in [0.15, 0.2) is 34.7 Å². The minimum Gasteiger partial charge on any atom is -0.296 e. The van der Waals surface area contributed by atoms with Gasteiger partial charge in [-0.15, -0.1) is 10.2 Å². The van der Waals surface area contributed by atoms with Crippen LogP contribution in [0.5, 0.6) is 0 Å². The lowest BCUT2D eigenvalue weighted by Gasteiger charge is -2.02. The molecule has 0 fully saturated rings. The van der Waals surface area contributed by atoms with Crippen LogP contribution in [0, 0.1) is 0 Å². The molecular formula is C13H15N3OS2. The Balaban J connectivity index is 1.98. The second-order valence-corrected chi connectivity index (χ2v) is 6.69. The van der Waals surface area contributed by atoms with Crippen LogP contribution in [-0.2, 0) is 0 Å². The number of carbonyl (C=O) groups excluding carboxylic acids is 1. The average molecular weight is 293 g/mol. The summed E-state index contributed by atoms with van der Waals surface area (Å²) in [6.07, 6.45) is 1.08. The van der Waals surface area contributed by atoms with E-state index in [-0.39, 0.29) is 5.91 Å². The fourth-order valence-corrected chi connectivity index (χ4v) is 3.32. The number of amides is 1. The summed E-state index contributed by atoms with van der Waals surface area (Å²) in [4.78, 5) is 11.9. The van der Waals surface area contributed by atoms with Crippen molar-refractivity contribution in [3.05, 3.63) is 35.9 Å². The number of thioether (sulfide) groups is 1. The van der Waals surface area contributed by atoms with Crippen LogP contribution in [0.4, 0.5) is 5.13 Å². The van der Waals surface area contributed by atoms with Gasteiger partial charge in [0, 0.05) is 10.8 Å². The van der Waals surface area contributed by atoms with Crippen molar-refractivity contribution >= 4 is 34.1 Å². The third kappa shape index (κ3) is 4.04. The zero-order valence-corrected chi connectivity index (χ0v) is 12.4. The van der Waals surface area contributed by atoms with Crippen LogP contribution in [0.3, 0.4) is 0 Å². The molecular weight excluding hydrogens is 278 g/mol. The Bertz CT molecular complexity index is 542. The van der Waals surface area contributed by atoms with Gasteiger partial charge in [-0.05, 0) is 18.6 Å². The highest BCUT2D eigenvalue weighted by atomic mass is 32.2. The van der Waals surface area contributed by atoms with Crippen molar-refractivity contribution in [2.24, 2.45) is 0 Å². The quantitative estimate of drug-likeness (QED) is 0.675. The van der Waals surface area contributed by atoms with E-state index >= 15 is 0 Å². The minimum absolute atomic E-state index is 0.156. The van der Waals surface area contributed by atoms with Crippen LogP contribution in [0.2, 0.25) is 0 Å². The molecule has 4 nitrogen and oxygen atoms in total. The number of anilines is 1. The summed E-state index contributed by atoms with van der Waals surface area (Å²) in [5.74, 6) is -0.156. The molecule has 1 aromatic heterocycles. The zero-order chi connectivity index (χ0) is 13.7. The van der Waals surface area contributed by atoms with Crippen molar-refractivity contribution in [3.8, 4) is 0 Å². The summed E-state index contributed by atoms with van der Waals surface area (Å²) in [6, 6.07) is 9.08. The maximum Gasteiger partial charge on any atom is 0.257 e. The first kappa shape index (κ1) is 14.0. The van der Waals surface area contributed by atoms with Gasteiger partial charge in [-0.3, -0.25) is 10.1 Å². The van der Waals surface area contributed by atoms with Crippen molar-refractivity contribution in [1.29, 1.82) is 0 Å². The monoisotopic (exact) mass is 293 g/mol. The molecule has 1 atom stereocenters. The van der Waals surface area contributed by atoms with Crippen LogP contribution in [0.25, 0.3) is 0 Å². The summed E-state index contributed by atoms with van der Waals surface area (Å²) < 4.78 is 0.887. The van der Waals surface area contributed by atoms with Crippen molar-refractivity contribution < 1.29 is 4.79 Å². The number of nitrogens with zero attached hydrogens (tertiary/aromatic N) is 2. The molecule has 1 N–H and O–H groups in total. The van der Waals surface area contributed by atoms with Gasteiger partial charge < -0.3 is 0 Å². The van der Waals surface area contributed by atoms with Gasteiger partial charge >= 0.3 is 0 Å². The molecule has 2 rings (SSSR count). The van der Waals surface area contributed by atoms with E-state index in [9.17, 15) is 4.79 Å². The summed E-state index contributed by atoms with van der Waals surface area (Å²) in [5.41, 5.74) is 0.619. The van der Waals surface area contributed by atoms with Gasteiger partial charge in [0.05, 0.1) is 0 Å². The fraction of sp³-hybridized carbons (Fsp3) is 0.308. The number of aromatic nitrogens is 2.